The second kappa shape index (κ2) is 5.85. The van der Waals surface area contributed by atoms with Crippen molar-refractivity contribution in [3.8, 4) is 0 Å². The fourth-order valence-corrected chi connectivity index (χ4v) is 3.61. The normalized spacial score (nSPS) is 15.2. The molecule has 0 aliphatic carbocycles. The predicted octanol–water partition coefficient (Wildman–Crippen LogP) is 4.68. The zero-order valence-corrected chi connectivity index (χ0v) is 13.0. The Morgan fingerprint density at radius 2 is 1.85 bits per heavy atom. The van der Waals surface area contributed by atoms with E-state index in [2.05, 4.69) is 27.3 Å². The van der Waals surface area contributed by atoms with Crippen molar-refractivity contribution < 1.29 is 4.79 Å². The topological polar surface area (TPSA) is 29.1 Å². The lowest BCUT2D eigenvalue weighted by atomic mass is 10.1. The number of amides is 1. The van der Waals surface area contributed by atoms with E-state index < -0.39 is 0 Å². The van der Waals surface area contributed by atoms with E-state index in [0.717, 1.165) is 27.0 Å². The van der Waals surface area contributed by atoms with Gasteiger partial charge in [-0.3, -0.25) is 4.79 Å². The number of para-hydroxylation sites is 1. The SMILES string of the molecule is O=C1Nc2ccccc2C1=CSCc1ccccc1Br. The highest BCUT2D eigenvalue weighted by Gasteiger charge is 2.22. The summed E-state index contributed by atoms with van der Waals surface area (Å²) in [6.07, 6.45) is 0. The van der Waals surface area contributed by atoms with Crippen molar-refractivity contribution in [1.82, 2.24) is 0 Å². The van der Waals surface area contributed by atoms with Crippen LogP contribution in [0, 0.1) is 0 Å². The number of anilines is 1. The van der Waals surface area contributed by atoms with Crippen LogP contribution in [0.25, 0.3) is 5.57 Å². The van der Waals surface area contributed by atoms with E-state index in [-0.39, 0.29) is 5.91 Å². The van der Waals surface area contributed by atoms with Crippen LogP contribution in [0.1, 0.15) is 11.1 Å². The maximum Gasteiger partial charge on any atom is 0.256 e. The highest BCUT2D eigenvalue weighted by molar-refractivity contribution is 9.10. The van der Waals surface area contributed by atoms with Crippen molar-refractivity contribution in [2.45, 2.75) is 5.75 Å². The molecule has 0 saturated carbocycles. The molecule has 3 rings (SSSR count). The van der Waals surface area contributed by atoms with Crippen molar-refractivity contribution in [3.63, 3.8) is 0 Å². The third-order valence-electron chi connectivity index (χ3n) is 3.11. The van der Waals surface area contributed by atoms with Gasteiger partial charge in [-0.1, -0.05) is 52.3 Å². The summed E-state index contributed by atoms with van der Waals surface area (Å²) in [5, 5.41) is 4.82. The number of carbonyl (C=O) groups is 1. The van der Waals surface area contributed by atoms with E-state index in [1.54, 1.807) is 11.8 Å². The first-order valence-corrected chi connectivity index (χ1v) is 8.06. The number of hydrogen-bond donors (Lipinski definition) is 1. The zero-order chi connectivity index (χ0) is 13.9. The van der Waals surface area contributed by atoms with Gasteiger partial charge in [-0.05, 0) is 23.1 Å². The Labute approximate surface area is 130 Å². The number of carbonyl (C=O) groups excluding carboxylic acids is 1. The minimum atomic E-state index is -0.0224. The molecule has 20 heavy (non-hydrogen) atoms. The lowest BCUT2D eigenvalue weighted by Gasteiger charge is -2.02. The summed E-state index contributed by atoms with van der Waals surface area (Å²) in [5.74, 6) is 0.811. The van der Waals surface area contributed by atoms with Gasteiger partial charge in [0, 0.05) is 21.5 Å². The molecular weight excluding hydrogens is 334 g/mol. The first-order chi connectivity index (χ1) is 9.75. The Kier molecular flexibility index (Phi) is 3.94. The molecule has 0 unspecified atom stereocenters. The lowest BCUT2D eigenvalue weighted by Crippen LogP contribution is -2.03. The number of benzene rings is 2. The number of nitrogens with one attached hydrogen (secondary N) is 1. The Hall–Kier alpha value is -1.52. The van der Waals surface area contributed by atoms with Crippen LogP contribution in [0.15, 0.2) is 58.4 Å². The van der Waals surface area contributed by atoms with E-state index in [4.69, 9.17) is 0 Å². The second-order valence-electron chi connectivity index (χ2n) is 4.43. The van der Waals surface area contributed by atoms with Gasteiger partial charge in [-0.15, -0.1) is 11.8 Å². The average molecular weight is 346 g/mol. The molecule has 100 valence electrons. The van der Waals surface area contributed by atoms with Crippen LogP contribution < -0.4 is 5.32 Å². The molecule has 2 aromatic rings. The largest absolute Gasteiger partial charge is 0.321 e. The third kappa shape index (κ3) is 2.67. The Bertz CT molecular complexity index is 696. The first kappa shape index (κ1) is 13.5. The summed E-state index contributed by atoms with van der Waals surface area (Å²) >= 11 is 5.17. The van der Waals surface area contributed by atoms with Crippen LogP contribution in [0.2, 0.25) is 0 Å². The molecule has 2 nitrogen and oxygen atoms in total. The van der Waals surface area contributed by atoms with Gasteiger partial charge in [-0.2, -0.15) is 0 Å². The summed E-state index contributed by atoms with van der Waals surface area (Å²) < 4.78 is 1.10. The van der Waals surface area contributed by atoms with Gasteiger partial charge < -0.3 is 5.32 Å². The number of rotatable bonds is 3. The number of hydrogen-bond acceptors (Lipinski definition) is 2. The van der Waals surface area contributed by atoms with Crippen molar-refractivity contribution in [2.75, 3.05) is 5.32 Å². The van der Waals surface area contributed by atoms with Gasteiger partial charge in [0.05, 0.1) is 5.57 Å². The van der Waals surface area contributed by atoms with Crippen molar-refractivity contribution in [2.24, 2.45) is 0 Å². The maximum atomic E-state index is 11.9. The molecule has 0 radical (unpaired) electrons. The second-order valence-corrected chi connectivity index (χ2v) is 6.15. The smallest absolute Gasteiger partial charge is 0.256 e. The highest BCUT2D eigenvalue weighted by Crippen LogP contribution is 2.33. The molecule has 1 N–H and O–H groups in total. The molecule has 1 aliphatic rings. The molecule has 4 heteroatoms. The lowest BCUT2D eigenvalue weighted by molar-refractivity contribution is -0.110. The first-order valence-electron chi connectivity index (χ1n) is 6.21. The van der Waals surface area contributed by atoms with E-state index in [1.807, 2.05) is 47.9 Å². The summed E-state index contributed by atoms with van der Waals surface area (Å²) in [6.45, 7) is 0. The van der Waals surface area contributed by atoms with Crippen molar-refractivity contribution >= 4 is 44.9 Å². The number of fused-ring (bicyclic) bond motifs is 1. The van der Waals surface area contributed by atoms with Gasteiger partial charge in [0.15, 0.2) is 0 Å². The molecular formula is C16H12BrNOS. The minimum Gasteiger partial charge on any atom is -0.321 e. The fourth-order valence-electron chi connectivity index (χ4n) is 2.09. The molecule has 1 aliphatic heterocycles. The van der Waals surface area contributed by atoms with Gasteiger partial charge in [0.1, 0.15) is 0 Å². The minimum absolute atomic E-state index is 0.0224. The molecule has 0 aromatic heterocycles. The van der Waals surface area contributed by atoms with Crippen LogP contribution in [0.4, 0.5) is 5.69 Å². The number of thioether (sulfide) groups is 1. The molecule has 0 saturated heterocycles. The van der Waals surface area contributed by atoms with E-state index >= 15 is 0 Å². The molecule has 0 fully saturated rings. The number of halogens is 1. The molecule has 2 aromatic carbocycles. The maximum absolute atomic E-state index is 11.9. The van der Waals surface area contributed by atoms with E-state index in [1.165, 1.54) is 5.56 Å². The van der Waals surface area contributed by atoms with Crippen LogP contribution in [0.5, 0.6) is 0 Å². The summed E-state index contributed by atoms with van der Waals surface area (Å²) in [7, 11) is 0. The van der Waals surface area contributed by atoms with Gasteiger partial charge >= 0.3 is 0 Å². The highest BCUT2D eigenvalue weighted by atomic mass is 79.9. The molecule has 0 bridgehead atoms. The zero-order valence-electron chi connectivity index (χ0n) is 10.6. The molecule has 1 amide bonds. The van der Waals surface area contributed by atoms with Crippen LogP contribution in [0.3, 0.4) is 0 Å². The fraction of sp³-hybridized carbons (Fsp3) is 0.0625. The Balaban J connectivity index is 1.77. The predicted molar refractivity (Wildman–Crippen MR) is 88.5 cm³/mol. The Morgan fingerprint density at radius 1 is 1.10 bits per heavy atom. The summed E-state index contributed by atoms with van der Waals surface area (Å²) in [5.41, 5.74) is 3.85. The van der Waals surface area contributed by atoms with Crippen LogP contribution in [-0.2, 0) is 10.5 Å². The molecule has 0 atom stereocenters. The van der Waals surface area contributed by atoms with Crippen LogP contribution in [-0.4, -0.2) is 5.91 Å². The quantitative estimate of drug-likeness (QED) is 0.818. The summed E-state index contributed by atoms with van der Waals surface area (Å²) in [4.78, 5) is 11.9. The van der Waals surface area contributed by atoms with Crippen molar-refractivity contribution in [3.05, 3.63) is 69.5 Å². The monoisotopic (exact) mass is 345 g/mol. The van der Waals surface area contributed by atoms with Gasteiger partial charge in [0.25, 0.3) is 5.91 Å². The van der Waals surface area contributed by atoms with Gasteiger partial charge in [0.2, 0.25) is 0 Å². The molecule has 1 heterocycles. The van der Waals surface area contributed by atoms with Crippen LogP contribution >= 0.6 is 27.7 Å². The van der Waals surface area contributed by atoms with Gasteiger partial charge in [-0.25, -0.2) is 0 Å². The summed E-state index contributed by atoms with van der Waals surface area (Å²) in [6, 6.07) is 15.9. The van der Waals surface area contributed by atoms with Crippen molar-refractivity contribution in [1.29, 1.82) is 0 Å². The average Bonchev–Trinajstić information content (AvgIpc) is 2.77. The van der Waals surface area contributed by atoms with E-state index in [0.29, 0.717) is 0 Å². The third-order valence-corrected chi connectivity index (χ3v) is 4.76. The van der Waals surface area contributed by atoms with E-state index in [9.17, 15) is 4.79 Å². The molecule has 0 spiro atoms. The Morgan fingerprint density at radius 3 is 2.70 bits per heavy atom. The standard InChI is InChI=1S/C16H12BrNOS/c17-14-7-3-1-5-11(14)9-20-10-13-12-6-2-4-8-15(12)18-16(13)19/h1-8,10H,9H2,(H,18,19).